The molecule has 244 valence electrons. The Balaban J connectivity index is 1.38. The van der Waals surface area contributed by atoms with E-state index in [1.165, 1.54) is 0 Å². The number of carbonyl (C=O) groups excluding carboxylic acids is 2. The van der Waals surface area contributed by atoms with E-state index in [9.17, 15) is 9.59 Å². The van der Waals surface area contributed by atoms with E-state index in [1.807, 2.05) is 41.8 Å². The lowest BCUT2D eigenvalue weighted by Gasteiger charge is -2.41. The number of benzene rings is 2. The topological polar surface area (TPSA) is 76.9 Å². The molecule has 1 saturated carbocycles. The molecule has 45 heavy (non-hydrogen) atoms. The highest BCUT2D eigenvalue weighted by Crippen LogP contribution is 2.41. The minimum absolute atomic E-state index is 0.00272. The van der Waals surface area contributed by atoms with Crippen molar-refractivity contribution in [3.05, 3.63) is 58.9 Å². The first-order chi connectivity index (χ1) is 21.4. The van der Waals surface area contributed by atoms with Gasteiger partial charge in [-0.25, -0.2) is 9.78 Å². The van der Waals surface area contributed by atoms with Gasteiger partial charge in [-0.2, -0.15) is 0 Å². The molecule has 5 rings (SSSR count). The van der Waals surface area contributed by atoms with Gasteiger partial charge in [0.25, 0.3) is 0 Å². The number of imidazole rings is 1. The first kappa shape index (κ1) is 33.6. The maximum absolute atomic E-state index is 14.4. The summed E-state index contributed by atoms with van der Waals surface area (Å²) in [5.41, 5.74) is 2.46. The lowest BCUT2D eigenvalue weighted by atomic mass is 9.71. The van der Waals surface area contributed by atoms with Crippen molar-refractivity contribution in [2.75, 3.05) is 37.7 Å². The van der Waals surface area contributed by atoms with Crippen molar-refractivity contribution in [1.82, 2.24) is 14.5 Å². The van der Waals surface area contributed by atoms with Gasteiger partial charge >= 0.3 is 5.97 Å². The van der Waals surface area contributed by atoms with Gasteiger partial charge in [-0.3, -0.25) is 14.3 Å². The van der Waals surface area contributed by atoms with Crippen LogP contribution in [0.5, 0.6) is 0 Å². The quantitative estimate of drug-likeness (QED) is 0.0918. The van der Waals surface area contributed by atoms with Crippen LogP contribution in [0.2, 0.25) is 30.7 Å². The van der Waals surface area contributed by atoms with Gasteiger partial charge in [-0.15, -0.1) is 0 Å². The molecular formula is C35H49ClN4O4Si. The van der Waals surface area contributed by atoms with Gasteiger partial charge in [0.1, 0.15) is 12.8 Å². The lowest BCUT2D eigenvalue weighted by Crippen LogP contribution is -2.51. The Morgan fingerprint density at radius 2 is 1.80 bits per heavy atom. The van der Waals surface area contributed by atoms with Crippen molar-refractivity contribution in [2.45, 2.75) is 91.0 Å². The molecule has 0 bridgehead atoms. The third kappa shape index (κ3) is 7.81. The van der Waals surface area contributed by atoms with Crippen LogP contribution < -0.4 is 4.90 Å². The Bertz CT molecular complexity index is 1500. The number of anilines is 1. The smallest absolute Gasteiger partial charge is 0.338 e. The zero-order valence-corrected chi connectivity index (χ0v) is 29.5. The molecule has 1 aromatic heterocycles. The summed E-state index contributed by atoms with van der Waals surface area (Å²) in [6.07, 6.45) is 2.28. The van der Waals surface area contributed by atoms with Gasteiger partial charge in [-0.1, -0.05) is 63.3 Å². The van der Waals surface area contributed by atoms with Crippen LogP contribution in [-0.2, 0) is 16.2 Å². The van der Waals surface area contributed by atoms with E-state index >= 15 is 0 Å². The normalized spacial score (nSPS) is 23.0. The zero-order chi connectivity index (χ0) is 32.4. The van der Waals surface area contributed by atoms with Gasteiger partial charge in [0, 0.05) is 45.8 Å². The second kappa shape index (κ2) is 14.0. The van der Waals surface area contributed by atoms with Crippen LogP contribution >= 0.6 is 11.6 Å². The van der Waals surface area contributed by atoms with Crippen molar-refractivity contribution in [1.29, 1.82) is 0 Å². The van der Waals surface area contributed by atoms with Gasteiger partial charge in [0.15, 0.2) is 5.82 Å². The first-order valence-electron chi connectivity index (χ1n) is 16.5. The Kier molecular flexibility index (Phi) is 10.4. The van der Waals surface area contributed by atoms with Crippen LogP contribution in [0.15, 0.2) is 42.5 Å². The Morgan fingerprint density at radius 1 is 1.09 bits per heavy atom. The van der Waals surface area contributed by atoms with Crippen LogP contribution in [0.25, 0.3) is 11.0 Å². The number of halogens is 1. The number of fused-ring (bicyclic) bond motifs is 1. The molecule has 2 aromatic carbocycles. The fourth-order valence-electron chi connectivity index (χ4n) is 6.51. The molecule has 3 aromatic rings. The summed E-state index contributed by atoms with van der Waals surface area (Å²) >= 11 is 6.97. The minimum atomic E-state index is -1.28. The summed E-state index contributed by atoms with van der Waals surface area (Å²) in [5, 5.41) is 0.661. The average Bonchev–Trinajstić information content (AvgIpc) is 3.36. The Hall–Kier alpha value is -2.72. The molecule has 0 radical (unpaired) electrons. The molecule has 1 aliphatic carbocycles. The van der Waals surface area contributed by atoms with Gasteiger partial charge in [-0.05, 0) is 69.5 Å². The number of hydrogen-bond donors (Lipinski definition) is 0. The molecule has 1 atom stereocenters. The van der Waals surface area contributed by atoms with E-state index in [-0.39, 0.29) is 24.6 Å². The highest BCUT2D eigenvalue weighted by Gasteiger charge is 2.41. The van der Waals surface area contributed by atoms with Crippen LogP contribution in [0.3, 0.4) is 0 Å². The maximum atomic E-state index is 14.4. The summed E-state index contributed by atoms with van der Waals surface area (Å²) in [4.78, 5) is 36.8. The van der Waals surface area contributed by atoms with Gasteiger partial charge < -0.3 is 14.4 Å². The van der Waals surface area contributed by atoms with Crippen molar-refractivity contribution in [2.24, 2.45) is 5.41 Å². The van der Waals surface area contributed by atoms with Crippen LogP contribution in [0.4, 0.5) is 5.69 Å². The van der Waals surface area contributed by atoms with Crippen LogP contribution in [-0.4, -0.2) is 79.2 Å². The fraction of sp³-hybridized carbons (Fsp3) is 0.571. The lowest BCUT2D eigenvalue weighted by molar-refractivity contribution is 0.00849. The molecule has 10 heteroatoms. The van der Waals surface area contributed by atoms with Crippen molar-refractivity contribution < 1.29 is 19.1 Å². The molecule has 2 aliphatic rings. The third-order valence-corrected chi connectivity index (χ3v) is 11.6. The average molecular weight is 653 g/mol. The first-order valence-corrected chi connectivity index (χ1v) is 20.5. The third-order valence-electron chi connectivity index (χ3n) is 9.57. The highest BCUT2D eigenvalue weighted by atomic mass is 35.5. The summed E-state index contributed by atoms with van der Waals surface area (Å²) in [6.45, 7) is 18.2. The van der Waals surface area contributed by atoms with Crippen molar-refractivity contribution >= 4 is 48.1 Å². The SMILES string of the molecule is CCN1CCN(c2cc3nc(C(=O)C4(C)CCC(OC(=O)c5ccccc5)CC4)n(COCC[Si](C)(C)C)c3cc2Cl)C(C)C1. The molecule has 2 fully saturated rings. The predicted octanol–water partition coefficient (Wildman–Crippen LogP) is 7.52. The fourth-order valence-corrected chi connectivity index (χ4v) is 7.53. The van der Waals surface area contributed by atoms with E-state index in [0.29, 0.717) is 54.7 Å². The van der Waals surface area contributed by atoms with E-state index < -0.39 is 13.5 Å². The highest BCUT2D eigenvalue weighted by molar-refractivity contribution is 6.76. The van der Waals surface area contributed by atoms with Crippen LogP contribution in [0.1, 0.15) is 67.4 Å². The summed E-state index contributed by atoms with van der Waals surface area (Å²) in [6, 6.07) is 14.4. The predicted molar refractivity (Wildman–Crippen MR) is 184 cm³/mol. The van der Waals surface area contributed by atoms with E-state index in [0.717, 1.165) is 48.9 Å². The number of hydrogen-bond acceptors (Lipinski definition) is 7. The summed E-state index contributed by atoms with van der Waals surface area (Å²) < 4.78 is 13.9. The number of ketones is 1. The number of nitrogens with zero attached hydrogens (tertiary/aromatic N) is 4. The molecule has 0 amide bonds. The summed E-state index contributed by atoms with van der Waals surface area (Å²) in [5.74, 6) is 0.103. The number of esters is 1. The number of rotatable bonds is 11. The molecule has 2 heterocycles. The number of ether oxygens (including phenoxy) is 2. The minimum Gasteiger partial charge on any atom is -0.459 e. The maximum Gasteiger partial charge on any atom is 0.338 e. The molecular weight excluding hydrogens is 604 g/mol. The molecule has 8 nitrogen and oxygen atoms in total. The Morgan fingerprint density at radius 3 is 2.44 bits per heavy atom. The second-order valence-electron chi connectivity index (χ2n) is 14.3. The van der Waals surface area contributed by atoms with Gasteiger partial charge in [0.05, 0.1) is 27.3 Å². The monoisotopic (exact) mass is 652 g/mol. The van der Waals surface area contributed by atoms with E-state index in [4.69, 9.17) is 26.1 Å². The molecule has 1 aliphatic heterocycles. The van der Waals surface area contributed by atoms with E-state index in [2.05, 4.69) is 43.3 Å². The number of Topliss-reactive ketones (excluding diaryl/α,β-unsaturated/α-hetero) is 1. The largest absolute Gasteiger partial charge is 0.459 e. The second-order valence-corrected chi connectivity index (χ2v) is 20.3. The number of likely N-dealkylation sites (N-methyl/N-ethyl adjacent to an activating group) is 1. The van der Waals surface area contributed by atoms with E-state index in [1.54, 1.807) is 12.1 Å². The van der Waals surface area contributed by atoms with Crippen LogP contribution in [0, 0.1) is 5.41 Å². The van der Waals surface area contributed by atoms with Crippen molar-refractivity contribution in [3.63, 3.8) is 0 Å². The standard InChI is InChI=1S/C35H49ClN4O4Si/c1-7-38-17-18-39(25(2)23-38)30-22-29-31(21-28(30)36)40(24-43-19-20-45(4,5)6)33(37-29)32(41)35(3)15-13-27(14-16-35)44-34(42)26-11-9-8-10-12-26/h8-12,21-22,25,27H,7,13-20,23-24H2,1-6H3. The molecule has 0 N–H and O–H groups in total. The van der Waals surface area contributed by atoms with Crippen molar-refractivity contribution in [3.8, 4) is 0 Å². The number of carbonyl (C=O) groups is 2. The summed E-state index contributed by atoms with van der Waals surface area (Å²) in [7, 11) is -1.28. The number of aromatic nitrogens is 2. The Labute approximate surface area is 274 Å². The number of piperazine rings is 1. The molecule has 1 saturated heterocycles. The molecule has 0 spiro atoms. The molecule has 1 unspecified atom stereocenters. The zero-order valence-electron chi connectivity index (χ0n) is 27.8. The van der Waals surface area contributed by atoms with Gasteiger partial charge in [0.2, 0.25) is 5.78 Å².